The predicted octanol–water partition coefficient (Wildman–Crippen LogP) is 2.31. The Morgan fingerprint density at radius 2 is 0.818 bits per heavy atom. The summed E-state index contributed by atoms with van der Waals surface area (Å²) >= 11 is 0. The van der Waals surface area contributed by atoms with E-state index in [9.17, 15) is 0 Å². The van der Waals surface area contributed by atoms with Crippen molar-refractivity contribution in [3.8, 4) is 0 Å². The minimum Gasteiger partial charge on any atom is -0.662 e. The maximum absolute atomic E-state index is 4.08. The van der Waals surface area contributed by atoms with Crippen LogP contribution in [0.3, 0.4) is 0 Å². The molecule has 2 rings (SSSR count). The Morgan fingerprint density at radius 1 is 0.545 bits per heavy atom. The van der Waals surface area contributed by atoms with Gasteiger partial charge in [-0.05, 0) is 0 Å². The number of nitrogens with zero attached hydrogens (tertiary/aromatic N) is 2. The fourth-order valence-corrected chi connectivity index (χ4v) is 1.12. The van der Waals surface area contributed by atoms with Gasteiger partial charge in [0.15, 0.2) is 0 Å². The van der Waals surface area contributed by atoms with E-state index in [1.165, 1.54) is 25.7 Å². The van der Waals surface area contributed by atoms with Crippen LogP contribution in [0.15, 0.2) is 0 Å². The van der Waals surface area contributed by atoms with Crippen molar-refractivity contribution in [3.05, 3.63) is 10.6 Å². The second-order valence-electron chi connectivity index (χ2n) is 2.76. The molecule has 11 heavy (non-hydrogen) atoms. The van der Waals surface area contributed by atoms with Gasteiger partial charge in [-0.1, -0.05) is 25.7 Å². The van der Waals surface area contributed by atoms with Gasteiger partial charge >= 0.3 is 26.2 Å². The van der Waals surface area contributed by atoms with Crippen molar-refractivity contribution < 1.29 is 26.2 Å². The van der Waals surface area contributed by atoms with E-state index in [1.807, 2.05) is 0 Å². The van der Waals surface area contributed by atoms with Crippen LogP contribution in [0.4, 0.5) is 0 Å². The molecule has 0 atom stereocenters. The first-order chi connectivity index (χ1) is 5.00. The minimum atomic E-state index is 0. The van der Waals surface area contributed by atoms with Crippen LogP contribution in [-0.4, -0.2) is 26.2 Å². The Morgan fingerprint density at radius 3 is 0.909 bits per heavy atom. The standard InChI is InChI=1S/2C4H8N.Zr/c2*1-2-4-5-3-1;/h2*1-4H2;/q2*-1;+2. The van der Waals surface area contributed by atoms with Crippen LogP contribution < -0.4 is 0 Å². The van der Waals surface area contributed by atoms with Crippen LogP contribution in [0, 0.1) is 0 Å². The summed E-state index contributed by atoms with van der Waals surface area (Å²) in [5, 5.41) is 8.17. The van der Waals surface area contributed by atoms with Crippen molar-refractivity contribution >= 4 is 0 Å². The van der Waals surface area contributed by atoms with Crippen molar-refractivity contribution in [1.82, 2.24) is 0 Å². The molecule has 0 amide bonds. The van der Waals surface area contributed by atoms with E-state index in [0.29, 0.717) is 0 Å². The third-order valence-corrected chi connectivity index (χ3v) is 1.76. The van der Waals surface area contributed by atoms with E-state index in [-0.39, 0.29) is 26.2 Å². The minimum absolute atomic E-state index is 0. The first-order valence-electron chi connectivity index (χ1n) is 4.26. The first kappa shape index (κ1) is 11.8. The van der Waals surface area contributed by atoms with Crippen LogP contribution in [0.5, 0.6) is 0 Å². The van der Waals surface area contributed by atoms with Gasteiger partial charge in [0.05, 0.1) is 0 Å². The summed E-state index contributed by atoms with van der Waals surface area (Å²) in [7, 11) is 0. The largest absolute Gasteiger partial charge is 2.00 e. The Hall–Kier alpha value is 0.803. The van der Waals surface area contributed by atoms with Crippen molar-refractivity contribution in [2.75, 3.05) is 26.2 Å². The molecule has 0 aromatic carbocycles. The molecule has 2 fully saturated rings. The van der Waals surface area contributed by atoms with Gasteiger partial charge in [0.1, 0.15) is 0 Å². The molecule has 2 aliphatic rings. The Balaban J connectivity index is 0.000000167. The van der Waals surface area contributed by atoms with E-state index in [4.69, 9.17) is 0 Å². The monoisotopic (exact) mass is 230 g/mol. The Kier molecular flexibility index (Phi) is 9.55. The molecule has 0 aliphatic carbocycles. The molecule has 0 N–H and O–H groups in total. The van der Waals surface area contributed by atoms with Gasteiger partial charge < -0.3 is 10.6 Å². The van der Waals surface area contributed by atoms with Gasteiger partial charge in [0.2, 0.25) is 0 Å². The molecule has 0 bridgehead atoms. The molecule has 0 unspecified atom stereocenters. The number of hydrogen-bond acceptors (Lipinski definition) is 0. The van der Waals surface area contributed by atoms with E-state index < -0.39 is 0 Å². The van der Waals surface area contributed by atoms with Crippen LogP contribution in [0.1, 0.15) is 25.7 Å². The average Bonchev–Trinajstić information content (AvgIpc) is 2.67. The zero-order chi connectivity index (χ0) is 7.07. The molecular weight excluding hydrogens is 215 g/mol. The molecule has 0 aromatic rings. The van der Waals surface area contributed by atoms with Crippen LogP contribution in [-0.2, 0) is 26.2 Å². The molecule has 2 nitrogen and oxygen atoms in total. The number of hydrogen-bond donors (Lipinski definition) is 0. The van der Waals surface area contributed by atoms with Crippen molar-refractivity contribution in [1.29, 1.82) is 0 Å². The molecule has 2 heterocycles. The van der Waals surface area contributed by atoms with Gasteiger partial charge in [-0.15, -0.1) is 26.2 Å². The fourth-order valence-electron chi connectivity index (χ4n) is 1.12. The van der Waals surface area contributed by atoms with E-state index in [0.717, 1.165) is 26.2 Å². The molecule has 3 heteroatoms. The summed E-state index contributed by atoms with van der Waals surface area (Å²) in [5.41, 5.74) is 0. The molecule has 62 valence electrons. The summed E-state index contributed by atoms with van der Waals surface area (Å²) in [5.74, 6) is 0. The second kappa shape index (κ2) is 8.90. The van der Waals surface area contributed by atoms with Crippen LogP contribution in [0.2, 0.25) is 0 Å². The van der Waals surface area contributed by atoms with Gasteiger partial charge in [-0.3, -0.25) is 0 Å². The van der Waals surface area contributed by atoms with Gasteiger partial charge in [0.25, 0.3) is 0 Å². The fraction of sp³-hybridized carbons (Fsp3) is 1.00. The second-order valence-corrected chi connectivity index (χ2v) is 2.76. The van der Waals surface area contributed by atoms with Gasteiger partial charge in [-0.25, -0.2) is 0 Å². The molecule has 0 saturated carbocycles. The molecule has 0 aromatic heterocycles. The molecule has 2 aliphatic heterocycles. The average molecular weight is 231 g/mol. The molecular formula is C8H16N2Zr. The maximum Gasteiger partial charge on any atom is 2.00 e. The van der Waals surface area contributed by atoms with Crippen LogP contribution >= 0.6 is 0 Å². The third kappa shape index (κ3) is 7.17. The summed E-state index contributed by atoms with van der Waals surface area (Å²) in [6.45, 7) is 4.50. The van der Waals surface area contributed by atoms with Crippen molar-refractivity contribution in [3.63, 3.8) is 0 Å². The van der Waals surface area contributed by atoms with Gasteiger partial charge in [-0.2, -0.15) is 0 Å². The van der Waals surface area contributed by atoms with E-state index in [2.05, 4.69) is 10.6 Å². The SMILES string of the molecule is C1CC[N-]C1.C1CC[N-]C1.[Zr+2]. The van der Waals surface area contributed by atoms with Crippen LogP contribution in [0.25, 0.3) is 10.6 Å². The Labute approximate surface area is 88.6 Å². The zero-order valence-corrected chi connectivity index (χ0v) is 9.51. The molecule has 2 saturated heterocycles. The van der Waals surface area contributed by atoms with Crippen molar-refractivity contribution in [2.24, 2.45) is 0 Å². The van der Waals surface area contributed by atoms with E-state index >= 15 is 0 Å². The zero-order valence-electron chi connectivity index (χ0n) is 7.05. The van der Waals surface area contributed by atoms with Gasteiger partial charge in [0, 0.05) is 0 Å². The predicted molar refractivity (Wildman–Crippen MR) is 44.7 cm³/mol. The quantitative estimate of drug-likeness (QED) is 0.612. The molecule has 0 radical (unpaired) electrons. The normalized spacial score (nSPS) is 21.8. The van der Waals surface area contributed by atoms with Crippen molar-refractivity contribution in [2.45, 2.75) is 25.7 Å². The smallest absolute Gasteiger partial charge is 0.662 e. The third-order valence-electron chi connectivity index (χ3n) is 1.76. The topological polar surface area (TPSA) is 28.2 Å². The number of rotatable bonds is 0. The Bertz CT molecular complexity index is 45.3. The first-order valence-corrected chi connectivity index (χ1v) is 4.26. The summed E-state index contributed by atoms with van der Waals surface area (Å²) < 4.78 is 0. The molecule has 0 spiro atoms. The summed E-state index contributed by atoms with van der Waals surface area (Å²) in [6, 6.07) is 0. The summed E-state index contributed by atoms with van der Waals surface area (Å²) in [6.07, 6.45) is 5.33. The maximum atomic E-state index is 4.08. The van der Waals surface area contributed by atoms with E-state index in [1.54, 1.807) is 0 Å². The summed E-state index contributed by atoms with van der Waals surface area (Å²) in [4.78, 5) is 0.